The number of nitrogens with zero attached hydrogens (tertiary/aromatic N) is 3. The second-order valence-corrected chi connectivity index (χ2v) is 13.1. The van der Waals surface area contributed by atoms with Crippen molar-refractivity contribution in [3.8, 4) is 0 Å². The standard InChI is InChI=1S/C29H15BrN4O4S3/c30-15-5-7-16(8-6-15)31-28-33-25(35)23(39-28)14-18-10-12-24(38-18)41-29-32-21-11-9-17(13-22(21)40-29)34-26(36)19-3-1-2-4-20(19)27(34)37/h1-14H,(H,31,33,35)/b23-14-. The largest absolute Gasteiger partial charge is 0.450 e. The maximum Gasteiger partial charge on any atom is 0.266 e. The molecule has 41 heavy (non-hydrogen) atoms. The van der Waals surface area contributed by atoms with Gasteiger partial charge in [-0.1, -0.05) is 28.1 Å². The molecule has 12 heteroatoms. The van der Waals surface area contributed by atoms with Gasteiger partial charge < -0.3 is 9.73 Å². The van der Waals surface area contributed by atoms with Crippen LogP contribution >= 0.6 is 50.8 Å². The van der Waals surface area contributed by atoms with E-state index in [9.17, 15) is 14.4 Å². The summed E-state index contributed by atoms with van der Waals surface area (Å²) >= 11 is 7.44. The van der Waals surface area contributed by atoms with Crippen LogP contribution in [0.5, 0.6) is 0 Å². The van der Waals surface area contributed by atoms with Gasteiger partial charge in [0.05, 0.1) is 37.6 Å². The number of anilines is 1. The molecule has 0 atom stereocenters. The highest BCUT2D eigenvalue weighted by molar-refractivity contribution is 9.10. The third kappa shape index (κ3) is 5.04. The number of amidine groups is 1. The summed E-state index contributed by atoms with van der Waals surface area (Å²) in [7, 11) is 0. The first kappa shape index (κ1) is 26.0. The molecule has 8 nitrogen and oxygen atoms in total. The van der Waals surface area contributed by atoms with Gasteiger partial charge in [0.1, 0.15) is 5.76 Å². The van der Waals surface area contributed by atoms with Crippen LogP contribution < -0.4 is 10.2 Å². The predicted octanol–water partition coefficient (Wildman–Crippen LogP) is 7.50. The van der Waals surface area contributed by atoms with Gasteiger partial charge >= 0.3 is 0 Å². The lowest BCUT2D eigenvalue weighted by Crippen LogP contribution is -2.29. The molecule has 1 saturated heterocycles. The fourth-order valence-corrected chi connectivity index (χ4v) is 7.38. The molecule has 0 saturated carbocycles. The summed E-state index contributed by atoms with van der Waals surface area (Å²) < 4.78 is 8.48. The number of furan rings is 1. The molecule has 1 N–H and O–H groups in total. The van der Waals surface area contributed by atoms with Gasteiger partial charge in [-0.05, 0) is 90.3 Å². The third-order valence-corrected chi connectivity index (χ3v) is 9.61. The molecule has 3 aromatic carbocycles. The van der Waals surface area contributed by atoms with E-state index in [1.54, 1.807) is 54.6 Å². The van der Waals surface area contributed by atoms with Gasteiger partial charge in [-0.2, -0.15) is 0 Å². The number of thiazole rings is 1. The Morgan fingerprint density at radius 1 is 0.951 bits per heavy atom. The summed E-state index contributed by atoms with van der Waals surface area (Å²) in [5.74, 6) is -0.371. The van der Waals surface area contributed by atoms with Crippen molar-refractivity contribution in [3.05, 3.63) is 105 Å². The third-order valence-electron chi connectivity index (χ3n) is 6.18. The van der Waals surface area contributed by atoms with E-state index < -0.39 is 0 Å². The normalized spacial score (nSPS) is 16.8. The van der Waals surface area contributed by atoms with E-state index in [0.717, 1.165) is 24.7 Å². The Hall–Kier alpha value is -3.97. The number of nitrogens with one attached hydrogen (secondary N) is 1. The van der Waals surface area contributed by atoms with Crippen LogP contribution in [0.3, 0.4) is 0 Å². The number of halogens is 1. The van der Waals surface area contributed by atoms with Crippen LogP contribution in [-0.4, -0.2) is 27.9 Å². The van der Waals surface area contributed by atoms with Crippen LogP contribution in [0.1, 0.15) is 26.5 Å². The highest BCUT2D eigenvalue weighted by Gasteiger charge is 2.36. The van der Waals surface area contributed by atoms with E-state index in [1.165, 1.54) is 39.8 Å². The van der Waals surface area contributed by atoms with Crippen molar-refractivity contribution in [1.29, 1.82) is 0 Å². The zero-order valence-corrected chi connectivity index (χ0v) is 24.7. The number of hydrogen-bond donors (Lipinski definition) is 1. The predicted molar refractivity (Wildman–Crippen MR) is 165 cm³/mol. The Labute approximate surface area is 253 Å². The molecule has 0 spiro atoms. The summed E-state index contributed by atoms with van der Waals surface area (Å²) in [5.41, 5.74) is 2.81. The van der Waals surface area contributed by atoms with Crippen LogP contribution in [0.15, 0.2) is 107 Å². The van der Waals surface area contributed by atoms with Gasteiger partial charge in [0, 0.05) is 10.5 Å². The molecular weight excluding hydrogens is 644 g/mol. The Morgan fingerprint density at radius 3 is 2.46 bits per heavy atom. The van der Waals surface area contributed by atoms with Crippen molar-refractivity contribution >= 4 is 101 Å². The van der Waals surface area contributed by atoms with E-state index in [-0.39, 0.29) is 17.7 Å². The molecule has 0 aliphatic carbocycles. The minimum absolute atomic E-state index is 0.239. The number of rotatable bonds is 5. The van der Waals surface area contributed by atoms with E-state index >= 15 is 0 Å². The molecule has 200 valence electrons. The quantitative estimate of drug-likeness (QED) is 0.154. The lowest BCUT2D eigenvalue weighted by Gasteiger charge is -2.13. The molecule has 4 heterocycles. The molecule has 3 amide bonds. The Kier molecular flexibility index (Phi) is 6.62. The minimum Gasteiger partial charge on any atom is -0.450 e. The first-order chi connectivity index (χ1) is 19.9. The second kappa shape index (κ2) is 10.5. The summed E-state index contributed by atoms with van der Waals surface area (Å²) in [6, 6.07) is 23.3. The molecule has 2 aliphatic rings. The smallest absolute Gasteiger partial charge is 0.266 e. The number of thioether (sulfide) groups is 1. The van der Waals surface area contributed by atoms with Crippen LogP contribution in [0.25, 0.3) is 16.3 Å². The van der Waals surface area contributed by atoms with Crippen molar-refractivity contribution in [2.75, 3.05) is 4.90 Å². The molecular formula is C29H15BrN4O4S3. The number of imide groups is 1. The number of hydrogen-bond acceptors (Lipinski definition) is 9. The molecule has 2 aliphatic heterocycles. The van der Waals surface area contributed by atoms with E-state index in [0.29, 0.717) is 37.7 Å². The van der Waals surface area contributed by atoms with Gasteiger partial charge in [-0.15, -0.1) is 11.3 Å². The number of benzene rings is 3. The number of aliphatic imine (C=N–C) groups is 1. The highest BCUT2D eigenvalue weighted by Crippen LogP contribution is 2.38. The van der Waals surface area contributed by atoms with Gasteiger partial charge in [-0.25, -0.2) is 14.9 Å². The van der Waals surface area contributed by atoms with Gasteiger partial charge in [-0.3, -0.25) is 14.4 Å². The maximum atomic E-state index is 12.9. The van der Waals surface area contributed by atoms with Crippen molar-refractivity contribution in [2.24, 2.45) is 4.99 Å². The molecule has 0 bridgehead atoms. The fourth-order valence-electron chi connectivity index (χ4n) is 4.29. The Morgan fingerprint density at radius 2 is 1.71 bits per heavy atom. The van der Waals surface area contributed by atoms with Gasteiger partial charge in [0.2, 0.25) is 0 Å². The second-order valence-electron chi connectivity index (χ2n) is 8.84. The van der Waals surface area contributed by atoms with Crippen molar-refractivity contribution in [3.63, 3.8) is 0 Å². The SMILES string of the molecule is O=C1NC(=Nc2ccc(Br)cc2)S/C1=C\c1ccc(Sc2nc3ccc(N4C(=O)c5ccccc5C4=O)cc3s2)o1. The van der Waals surface area contributed by atoms with Gasteiger partial charge in [0.15, 0.2) is 14.6 Å². The lowest BCUT2D eigenvalue weighted by atomic mass is 10.1. The van der Waals surface area contributed by atoms with E-state index in [4.69, 9.17) is 4.42 Å². The van der Waals surface area contributed by atoms with Crippen molar-refractivity contribution in [1.82, 2.24) is 10.3 Å². The van der Waals surface area contributed by atoms with Crippen molar-refractivity contribution < 1.29 is 18.8 Å². The van der Waals surface area contributed by atoms with Crippen LogP contribution in [0, 0.1) is 0 Å². The Balaban J connectivity index is 1.07. The van der Waals surface area contributed by atoms with Crippen LogP contribution in [0.4, 0.5) is 11.4 Å². The molecule has 2 aromatic heterocycles. The number of aromatic nitrogens is 1. The average molecular weight is 660 g/mol. The number of carbonyl (C=O) groups excluding carboxylic acids is 3. The molecule has 0 unspecified atom stereocenters. The van der Waals surface area contributed by atoms with Crippen LogP contribution in [0.2, 0.25) is 0 Å². The van der Waals surface area contributed by atoms with Gasteiger partial charge in [0.25, 0.3) is 17.7 Å². The summed E-state index contributed by atoms with van der Waals surface area (Å²) in [5, 5.41) is 3.89. The zero-order valence-electron chi connectivity index (χ0n) is 20.7. The van der Waals surface area contributed by atoms with E-state index in [2.05, 4.69) is 31.2 Å². The fraction of sp³-hybridized carbons (Fsp3) is 0. The average Bonchev–Trinajstić information content (AvgIpc) is 3.72. The first-order valence-corrected chi connectivity index (χ1v) is 15.4. The number of fused-ring (bicyclic) bond motifs is 2. The molecule has 1 fully saturated rings. The van der Waals surface area contributed by atoms with Crippen molar-refractivity contribution in [2.45, 2.75) is 9.43 Å². The lowest BCUT2D eigenvalue weighted by molar-refractivity contribution is -0.115. The highest BCUT2D eigenvalue weighted by atomic mass is 79.9. The number of amides is 3. The topological polar surface area (TPSA) is 105 Å². The molecule has 7 rings (SSSR count). The zero-order chi connectivity index (χ0) is 28.1. The van der Waals surface area contributed by atoms with Crippen LogP contribution in [-0.2, 0) is 4.79 Å². The summed E-state index contributed by atoms with van der Waals surface area (Å²) in [6.45, 7) is 0. The Bertz CT molecular complexity index is 1930. The summed E-state index contributed by atoms with van der Waals surface area (Å²) in [6.07, 6.45) is 1.68. The molecule has 5 aromatic rings. The van der Waals surface area contributed by atoms with E-state index in [1.807, 2.05) is 30.3 Å². The summed E-state index contributed by atoms with van der Waals surface area (Å²) in [4.78, 5) is 49.1. The number of carbonyl (C=O) groups is 3. The first-order valence-electron chi connectivity index (χ1n) is 12.1. The minimum atomic E-state index is -0.331. The molecule has 0 radical (unpaired) electrons. The maximum absolute atomic E-state index is 12.9. The monoisotopic (exact) mass is 658 g/mol.